The van der Waals surface area contributed by atoms with Crippen molar-refractivity contribution in [3.8, 4) is 0 Å². The van der Waals surface area contributed by atoms with Crippen molar-refractivity contribution in [3.05, 3.63) is 83.7 Å². The summed E-state index contributed by atoms with van der Waals surface area (Å²) in [5.74, 6) is -0.139. The molecule has 0 unspecified atom stereocenters. The summed E-state index contributed by atoms with van der Waals surface area (Å²) in [6.07, 6.45) is 0. The van der Waals surface area contributed by atoms with Gasteiger partial charge in [-0.1, -0.05) is 60.7 Å². The second kappa shape index (κ2) is 6.29. The molecule has 3 aromatic rings. The van der Waals surface area contributed by atoms with Gasteiger partial charge in [-0.15, -0.1) is 0 Å². The third kappa shape index (κ3) is 2.88. The van der Waals surface area contributed by atoms with E-state index in [1.54, 1.807) is 6.07 Å². The van der Waals surface area contributed by atoms with Crippen molar-refractivity contribution in [2.45, 2.75) is 19.5 Å². The minimum absolute atomic E-state index is 0.139. The van der Waals surface area contributed by atoms with E-state index in [9.17, 15) is 4.39 Å². The third-order valence-electron chi connectivity index (χ3n) is 4.31. The van der Waals surface area contributed by atoms with Gasteiger partial charge in [-0.25, -0.2) is 4.39 Å². The Morgan fingerprint density at radius 2 is 1.59 bits per heavy atom. The van der Waals surface area contributed by atoms with Crippen molar-refractivity contribution in [1.82, 2.24) is 4.90 Å². The maximum absolute atomic E-state index is 13.8. The van der Waals surface area contributed by atoms with Gasteiger partial charge in [0, 0.05) is 18.2 Å². The highest BCUT2D eigenvalue weighted by Crippen LogP contribution is 2.28. The van der Waals surface area contributed by atoms with Gasteiger partial charge in [0.2, 0.25) is 0 Å². The zero-order valence-electron chi connectivity index (χ0n) is 13.0. The molecule has 0 aliphatic carbocycles. The van der Waals surface area contributed by atoms with E-state index in [0.717, 1.165) is 5.56 Å². The summed E-state index contributed by atoms with van der Waals surface area (Å²) >= 11 is 0. The SMILES string of the molecule is C[C@H](c1cccc2ccccc12)N(C)Cc1ccccc1F. The van der Waals surface area contributed by atoms with Crippen LogP contribution in [-0.4, -0.2) is 11.9 Å². The molecule has 1 nitrogen and oxygen atoms in total. The fraction of sp³-hybridized carbons (Fsp3) is 0.200. The third-order valence-corrected chi connectivity index (χ3v) is 4.31. The first kappa shape index (κ1) is 14.7. The first-order chi connectivity index (χ1) is 10.7. The molecule has 3 rings (SSSR count). The Bertz CT molecular complexity index is 776. The average Bonchev–Trinajstić information content (AvgIpc) is 2.55. The molecule has 0 aliphatic heterocycles. The maximum Gasteiger partial charge on any atom is 0.127 e. The van der Waals surface area contributed by atoms with Gasteiger partial charge in [0.1, 0.15) is 5.82 Å². The van der Waals surface area contributed by atoms with Gasteiger partial charge < -0.3 is 0 Å². The van der Waals surface area contributed by atoms with Crippen molar-refractivity contribution in [2.75, 3.05) is 7.05 Å². The first-order valence-corrected chi connectivity index (χ1v) is 7.58. The Labute approximate surface area is 131 Å². The Kier molecular flexibility index (Phi) is 4.21. The summed E-state index contributed by atoms with van der Waals surface area (Å²) in [4.78, 5) is 2.18. The van der Waals surface area contributed by atoms with Crippen LogP contribution in [0.25, 0.3) is 10.8 Å². The van der Waals surface area contributed by atoms with Gasteiger partial charge in [0.05, 0.1) is 0 Å². The molecule has 3 aromatic carbocycles. The van der Waals surface area contributed by atoms with Crippen LogP contribution in [0.3, 0.4) is 0 Å². The Morgan fingerprint density at radius 3 is 2.41 bits per heavy atom. The van der Waals surface area contributed by atoms with Crippen LogP contribution in [0, 0.1) is 5.82 Å². The van der Waals surface area contributed by atoms with Crippen molar-refractivity contribution < 1.29 is 4.39 Å². The van der Waals surface area contributed by atoms with Crippen LogP contribution < -0.4 is 0 Å². The smallest absolute Gasteiger partial charge is 0.127 e. The summed E-state index contributed by atoms with van der Waals surface area (Å²) < 4.78 is 13.8. The monoisotopic (exact) mass is 293 g/mol. The van der Waals surface area contributed by atoms with Crippen molar-refractivity contribution in [1.29, 1.82) is 0 Å². The Balaban J connectivity index is 1.89. The summed E-state index contributed by atoms with van der Waals surface area (Å²) in [7, 11) is 2.04. The van der Waals surface area contributed by atoms with Crippen LogP contribution in [0.4, 0.5) is 4.39 Å². The van der Waals surface area contributed by atoms with E-state index in [4.69, 9.17) is 0 Å². The molecule has 112 valence electrons. The number of rotatable bonds is 4. The maximum atomic E-state index is 13.8. The predicted molar refractivity (Wildman–Crippen MR) is 90.2 cm³/mol. The van der Waals surface area contributed by atoms with E-state index in [2.05, 4.69) is 54.3 Å². The van der Waals surface area contributed by atoms with Crippen molar-refractivity contribution >= 4 is 10.8 Å². The van der Waals surface area contributed by atoms with Gasteiger partial charge in [0.15, 0.2) is 0 Å². The van der Waals surface area contributed by atoms with Crippen molar-refractivity contribution in [2.24, 2.45) is 0 Å². The van der Waals surface area contributed by atoms with Crippen LogP contribution in [-0.2, 0) is 6.54 Å². The van der Waals surface area contributed by atoms with Gasteiger partial charge in [-0.2, -0.15) is 0 Å². The minimum atomic E-state index is -0.139. The highest BCUT2D eigenvalue weighted by Gasteiger charge is 2.15. The average molecular weight is 293 g/mol. The van der Waals surface area contributed by atoms with E-state index >= 15 is 0 Å². The molecule has 0 radical (unpaired) electrons. The first-order valence-electron chi connectivity index (χ1n) is 7.58. The molecule has 0 spiro atoms. The van der Waals surface area contributed by atoms with E-state index in [1.165, 1.54) is 22.4 Å². The molecule has 0 saturated carbocycles. The van der Waals surface area contributed by atoms with Crippen LogP contribution >= 0.6 is 0 Å². The van der Waals surface area contributed by atoms with Crippen LogP contribution in [0.1, 0.15) is 24.1 Å². The molecule has 0 bridgehead atoms. The molecule has 0 aromatic heterocycles. The van der Waals surface area contributed by atoms with Gasteiger partial charge in [0.25, 0.3) is 0 Å². The van der Waals surface area contributed by atoms with Crippen molar-refractivity contribution in [3.63, 3.8) is 0 Å². The highest BCUT2D eigenvalue weighted by atomic mass is 19.1. The van der Waals surface area contributed by atoms with E-state index < -0.39 is 0 Å². The fourth-order valence-electron chi connectivity index (χ4n) is 2.88. The number of benzene rings is 3. The lowest BCUT2D eigenvalue weighted by atomic mass is 9.98. The molecule has 0 aliphatic rings. The molecule has 2 heteroatoms. The second-order valence-electron chi connectivity index (χ2n) is 5.75. The number of halogens is 1. The predicted octanol–water partition coefficient (Wildman–Crippen LogP) is 5.17. The Morgan fingerprint density at radius 1 is 0.909 bits per heavy atom. The quantitative estimate of drug-likeness (QED) is 0.641. The lowest BCUT2D eigenvalue weighted by Crippen LogP contribution is -2.22. The largest absolute Gasteiger partial charge is 0.295 e. The molecule has 0 amide bonds. The minimum Gasteiger partial charge on any atom is -0.295 e. The van der Waals surface area contributed by atoms with Crippen LogP contribution in [0.2, 0.25) is 0 Å². The fourth-order valence-corrected chi connectivity index (χ4v) is 2.88. The van der Waals surface area contributed by atoms with Crippen LogP contribution in [0.15, 0.2) is 66.7 Å². The highest BCUT2D eigenvalue weighted by molar-refractivity contribution is 5.86. The lowest BCUT2D eigenvalue weighted by molar-refractivity contribution is 0.251. The van der Waals surface area contributed by atoms with Gasteiger partial charge >= 0.3 is 0 Å². The van der Waals surface area contributed by atoms with Gasteiger partial charge in [-0.3, -0.25) is 4.90 Å². The van der Waals surface area contributed by atoms with E-state index in [-0.39, 0.29) is 11.9 Å². The zero-order chi connectivity index (χ0) is 15.5. The summed E-state index contributed by atoms with van der Waals surface area (Å²) in [6.45, 7) is 2.76. The van der Waals surface area contributed by atoms with Crippen LogP contribution in [0.5, 0.6) is 0 Å². The number of fused-ring (bicyclic) bond motifs is 1. The molecule has 1 atom stereocenters. The summed E-state index contributed by atoms with van der Waals surface area (Å²) in [5, 5.41) is 2.50. The standard InChI is InChI=1S/C20H20FN/c1-15(22(2)14-17-9-4-6-13-20(17)21)18-12-7-10-16-8-3-5-11-19(16)18/h3-13,15H,14H2,1-2H3/t15-/m1/s1. The molecule has 0 saturated heterocycles. The molecule has 0 fully saturated rings. The number of hydrogen-bond donors (Lipinski definition) is 0. The van der Waals surface area contributed by atoms with Gasteiger partial charge in [-0.05, 0) is 36.4 Å². The second-order valence-corrected chi connectivity index (χ2v) is 5.75. The topological polar surface area (TPSA) is 3.24 Å². The zero-order valence-corrected chi connectivity index (χ0v) is 13.0. The molecule has 22 heavy (non-hydrogen) atoms. The summed E-state index contributed by atoms with van der Waals surface area (Å²) in [6, 6.07) is 22.0. The van der Waals surface area contributed by atoms with E-state index in [1.807, 2.05) is 19.2 Å². The molecular weight excluding hydrogens is 273 g/mol. The lowest BCUT2D eigenvalue weighted by Gasteiger charge is -2.26. The molecular formula is C20H20FN. The Hall–Kier alpha value is -2.19. The normalized spacial score (nSPS) is 12.7. The molecule has 0 N–H and O–H groups in total. The molecule has 0 heterocycles. The number of hydrogen-bond acceptors (Lipinski definition) is 1. The summed E-state index contributed by atoms with van der Waals surface area (Å²) in [5.41, 5.74) is 2.01. The number of nitrogens with zero attached hydrogens (tertiary/aromatic N) is 1. The van der Waals surface area contributed by atoms with E-state index in [0.29, 0.717) is 6.54 Å².